The van der Waals surface area contributed by atoms with Crippen molar-refractivity contribution in [2.45, 2.75) is 11.8 Å². The van der Waals surface area contributed by atoms with Crippen molar-refractivity contribution in [2.75, 3.05) is 6.61 Å². The van der Waals surface area contributed by atoms with Crippen LogP contribution in [0.25, 0.3) is 11.1 Å². The first-order chi connectivity index (χ1) is 7.52. The molecule has 0 radical (unpaired) electrons. The smallest absolute Gasteiger partial charge is 0.394 e. The van der Waals surface area contributed by atoms with Crippen molar-refractivity contribution in [1.29, 1.82) is 0 Å². The van der Waals surface area contributed by atoms with Crippen LogP contribution in [0.5, 0.6) is 6.08 Å². The maximum absolute atomic E-state index is 11.3. The molecule has 2 rings (SSSR count). The van der Waals surface area contributed by atoms with E-state index >= 15 is 0 Å². The Morgan fingerprint density at radius 3 is 2.88 bits per heavy atom. The van der Waals surface area contributed by atoms with E-state index in [1.807, 2.05) is 0 Å². The van der Waals surface area contributed by atoms with Gasteiger partial charge in [-0.1, -0.05) is 6.07 Å². The molecule has 1 aromatic carbocycles. The lowest BCUT2D eigenvalue weighted by Gasteiger charge is -1.94. The van der Waals surface area contributed by atoms with Crippen LogP contribution in [0.3, 0.4) is 0 Å². The van der Waals surface area contributed by atoms with Gasteiger partial charge in [0.2, 0.25) is 0 Å². The molecular weight excluding hydrogens is 254 g/mol. The van der Waals surface area contributed by atoms with E-state index in [1.165, 1.54) is 12.1 Å². The van der Waals surface area contributed by atoms with Gasteiger partial charge in [-0.3, -0.25) is 0 Å². The molecule has 0 aliphatic carbocycles. The van der Waals surface area contributed by atoms with Crippen LogP contribution >= 0.6 is 10.7 Å². The van der Waals surface area contributed by atoms with Gasteiger partial charge in [-0.25, -0.2) is 8.42 Å². The minimum atomic E-state index is -3.84. The number of hydrogen-bond acceptors (Lipinski definition) is 5. The number of benzene rings is 1. The summed E-state index contributed by atoms with van der Waals surface area (Å²) in [6.07, 6.45) is 0.0327. The number of hydrogen-bond donors (Lipinski definition) is 0. The third-order valence-corrected chi connectivity index (χ3v) is 3.25. The lowest BCUT2D eigenvalue weighted by molar-refractivity contribution is 0.251. The summed E-state index contributed by atoms with van der Waals surface area (Å²) in [5.74, 6) is 0. The van der Waals surface area contributed by atoms with Crippen LogP contribution in [0.2, 0.25) is 0 Å². The van der Waals surface area contributed by atoms with E-state index in [4.69, 9.17) is 19.8 Å². The van der Waals surface area contributed by atoms with Crippen molar-refractivity contribution < 1.29 is 17.6 Å². The topological polar surface area (TPSA) is 69.4 Å². The Hall–Kier alpha value is -1.27. The zero-order valence-electron chi connectivity index (χ0n) is 8.31. The number of rotatable bonds is 3. The molecule has 5 nitrogen and oxygen atoms in total. The van der Waals surface area contributed by atoms with E-state index in [-0.39, 0.29) is 16.5 Å². The normalized spacial score (nSPS) is 11.9. The van der Waals surface area contributed by atoms with Gasteiger partial charge in [0.15, 0.2) is 5.58 Å². The summed E-state index contributed by atoms with van der Waals surface area (Å²) in [5, 5.41) is 0. The average Bonchev–Trinajstić information content (AvgIpc) is 2.58. The minimum absolute atomic E-state index is 0.0327. The second-order valence-electron chi connectivity index (χ2n) is 2.95. The summed E-state index contributed by atoms with van der Waals surface area (Å²) in [6, 6.07) is 4.48. The molecule has 1 heterocycles. The van der Waals surface area contributed by atoms with Gasteiger partial charge >= 0.3 is 6.08 Å². The number of oxazole rings is 1. The number of aromatic nitrogens is 1. The summed E-state index contributed by atoms with van der Waals surface area (Å²) in [5.41, 5.74) is 0.506. The molecule has 86 valence electrons. The monoisotopic (exact) mass is 261 g/mol. The van der Waals surface area contributed by atoms with Gasteiger partial charge in [0.1, 0.15) is 10.4 Å². The summed E-state index contributed by atoms with van der Waals surface area (Å²) in [7, 11) is 1.44. The summed E-state index contributed by atoms with van der Waals surface area (Å²) in [6.45, 7) is 2.16. The van der Waals surface area contributed by atoms with Gasteiger partial charge in [0, 0.05) is 10.7 Å². The van der Waals surface area contributed by atoms with Gasteiger partial charge in [-0.2, -0.15) is 4.98 Å². The zero-order chi connectivity index (χ0) is 11.8. The molecule has 0 N–H and O–H groups in total. The lowest BCUT2D eigenvalue weighted by atomic mass is 10.3. The van der Waals surface area contributed by atoms with Crippen LogP contribution in [-0.2, 0) is 9.05 Å². The molecule has 0 atom stereocenters. The van der Waals surface area contributed by atoms with Gasteiger partial charge < -0.3 is 9.15 Å². The number of para-hydroxylation sites is 1. The molecule has 0 saturated heterocycles. The molecular formula is C9H8ClNO4S. The van der Waals surface area contributed by atoms with E-state index in [2.05, 4.69) is 4.98 Å². The molecule has 16 heavy (non-hydrogen) atoms. The Morgan fingerprint density at radius 2 is 2.25 bits per heavy atom. The molecule has 2 aromatic rings. The molecule has 0 bridgehead atoms. The first-order valence-electron chi connectivity index (χ1n) is 4.49. The number of ether oxygens (including phenoxy) is 1. The fourth-order valence-electron chi connectivity index (χ4n) is 1.28. The highest BCUT2D eigenvalue weighted by atomic mass is 35.7. The van der Waals surface area contributed by atoms with Crippen LogP contribution in [0.1, 0.15) is 6.92 Å². The zero-order valence-corrected chi connectivity index (χ0v) is 9.88. The molecule has 7 heteroatoms. The molecule has 0 unspecified atom stereocenters. The van der Waals surface area contributed by atoms with E-state index in [9.17, 15) is 8.42 Å². The van der Waals surface area contributed by atoms with Crippen LogP contribution < -0.4 is 4.74 Å². The highest BCUT2D eigenvalue weighted by Crippen LogP contribution is 2.28. The molecule has 0 fully saturated rings. The summed E-state index contributed by atoms with van der Waals surface area (Å²) >= 11 is 0. The van der Waals surface area contributed by atoms with E-state index in [0.29, 0.717) is 12.2 Å². The largest absolute Gasteiger partial charge is 0.450 e. The van der Waals surface area contributed by atoms with Gasteiger partial charge in [-0.15, -0.1) is 0 Å². The maximum atomic E-state index is 11.3. The molecule has 1 aromatic heterocycles. The Labute approximate surface area is 96.4 Å². The number of nitrogens with zero attached hydrogens (tertiary/aromatic N) is 1. The van der Waals surface area contributed by atoms with Crippen molar-refractivity contribution in [3.8, 4) is 6.08 Å². The van der Waals surface area contributed by atoms with Crippen LogP contribution in [0, 0.1) is 0 Å². The highest BCUT2D eigenvalue weighted by molar-refractivity contribution is 8.14. The van der Waals surface area contributed by atoms with Crippen molar-refractivity contribution >= 4 is 30.8 Å². The third kappa shape index (κ3) is 1.98. The Bertz CT molecular complexity index is 619. The highest BCUT2D eigenvalue weighted by Gasteiger charge is 2.18. The third-order valence-electron chi connectivity index (χ3n) is 1.89. The van der Waals surface area contributed by atoms with Gasteiger partial charge in [0.05, 0.1) is 6.61 Å². The molecule has 0 saturated carbocycles. The Balaban J connectivity index is 2.68. The first-order valence-corrected chi connectivity index (χ1v) is 6.80. The molecule has 0 spiro atoms. The Kier molecular flexibility index (Phi) is 2.77. The van der Waals surface area contributed by atoms with Crippen LogP contribution in [-0.4, -0.2) is 20.0 Å². The predicted molar refractivity (Wildman–Crippen MR) is 58.2 cm³/mol. The second kappa shape index (κ2) is 3.95. The molecule has 0 amide bonds. The SMILES string of the molecule is CCOc1nc2c(S(=O)(=O)Cl)cccc2o1. The van der Waals surface area contributed by atoms with E-state index in [0.717, 1.165) is 0 Å². The maximum Gasteiger partial charge on any atom is 0.394 e. The standard InChI is InChI=1S/C9H8ClNO4S/c1-2-14-9-11-8-6(15-9)4-3-5-7(8)16(10,12)13/h3-5H,2H2,1H3. The van der Waals surface area contributed by atoms with Crippen LogP contribution in [0.15, 0.2) is 27.5 Å². The molecule has 0 aliphatic heterocycles. The van der Waals surface area contributed by atoms with Crippen molar-refractivity contribution in [3.63, 3.8) is 0 Å². The number of fused-ring (bicyclic) bond motifs is 1. The first kappa shape index (κ1) is 11.2. The predicted octanol–water partition coefficient (Wildman–Crippen LogP) is 2.15. The van der Waals surface area contributed by atoms with Crippen molar-refractivity contribution in [1.82, 2.24) is 4.98 Å². The average molecular weight is 262 g/mol. The quantitative estimate of drug-likeness (QED) is 0.792. The fraction of sp³-hybridized carbons (Fsp3) is 0.222. The van der Waals surface area contributed by atoms with Crippen LogP contribution in [0.4, 0.5) is 0 Å². The van der Waals surface area contributed by atoms with Crippen molar-refractivity contribution in [2.24, 2.45) is 0 Å². The summed E-state index contributed by atoms with van der Waals surface area (Å²) in [4.78, 5) is 3.83. The summed E-state index contributed by atoms with van der Waals surface area (Å²) < 4.78 is 32.7. The fourth-order valence-corrected chi connectivity index (χ4v) is 2.28. The second-order valence-corrected chi connectivity index (χ2v) is 5.49. The van der Waals surface area contributed by atoms with Gasteiger partial charge in [0.25, 0.3) is 9.05 Å². The Morgan fingerprint density at radius 1 is 1.50 bits per heavy atom. The lowest BCUT2D eigenvalue weighted by Crippen LogP contribution is -1.93. The van der Waals surface area contributed by atoms with E-state index in [1.54, 1.807) is 13.0 Å². The van der Waals surface area contributed by atoms with E-state index < -0.39 is 9.05 Å². The van der Waals surface area contributed by atoms with Gasteiger partial charge in [-0.05, 0) is 19.1 Å². The number of halogens is 1. The van der Waals surface area contributed by atoms with Crippen molar-refractivity contribution in [3.05, 3.63) is 18.2 Å². The minimum Gasteiger partial charge on any atom is -0.450 e. The molecule has 0 aliphatic rings.